The van der Waals surface area contributed by atoms with Crippen LogP contribution in [-0.2, 0) is 15.1 Å². The van der Waals surface area contributed by atoms with E-state index in [-0.39, 0.29) is 6.61 Å². The van der Waals surface area contributed by atoms with Crippen molar-refractivity contribution in [1.29, 1.82) is 0 Å². The molecule has 0 bridgehead atoms. The number of hydrogen-bond acceptors (Lipinski definition) is 4. The summed E-state index contributed by atoms with van der Waals surface area (Å²) >= 11 is 6.00. The fourth-order valence-corrected chi connectivity index (χ4v) is 4.22. The van der Waals surface area contributed by atoms with Gasteiger partial charge in [-0.15, -0.1) is 0 Å². The van der Waals surface area contributed by atoms with Gasteiger partial charge in [0.25, 0.3) is 0 Å². The van der Waals surface area contributed by atoms with Crippen molar-refractivity contribution in [3.63, 3.8) is 0 Å². The zero-order valence-electron chi connectivity index (χ0n) is 18.9. The normalized spacial score (nSPS) is 12.1. The van der Waals surface area contributed by atoms with Gasteiger partial charge >= 0.3 is 5.97 Å². The van der Waals surface area contributed by atoms with E-state index in [1.165, 1.54) is 7.11 Å². The molecule has 4 rings (SSSR count). The Kier molecular flexibility index (Phi) is 7.63. The summed E-state index contributed by atoms with van der Waals surface area (Å²) in [4.78, 5) is 13.0. The molecular weight excluding hydrogens is 446 g/mol. The highest BCUT2D eigenvalue weighted by Crippen LogP contribution is 2.37. The molecule has 0 aliphatic heterocycles. The second-order valence-corrected chi connectivity index (χ2v) is 8.27. The zero-order valence-corrected chi connectivity index (χ0v) is 19.6. The summed E-state index contributed by atoms with van der Waals surface area (Å²) < 4.78 is 11.1. The van der Waals surface area contributed by atoms with E-state index in [4.69, 9.17) is 21.1 Å². The van der Waals surface area contributed by atoms with E-state index in [1.807, 2.05) is 54.6 Å². The monoisotopic (exact) mass is 471 g/mol. The SMILES string of the molecule is COC(=O)C(COc1ccc(Cl)cc1)NC(c1ccccc1)(c1ccccc1)c1ccccc1. The summed E-state index contributed by atoms with van der Waals surface area (Å²) in [6.45, 7) is 0.0720. The second kappa shape index (κ2) is 11.0. The van der Waals surface area contributed by atoms with Gasteiger partial charge < -0.3 is 9.47 Å². The molecule has 0 aromatic heterocycles. The molecule has 1 unspecified atom stereocenters. The van der Waals surface area contributed by atoms with Crippen LogP contribution >= 0.6 is 11.6 Å². The Morgan fingerprint density at radius 3 is 1.62 bits per heavy atom. The molecule has 1 N–H and O–H groups in total. The molecule has 4 aromatic rings. The smallest absolute Gasteiger partial charge is 0.326 e. The maximum Gasteiger partial charge on any atom is 0.326 e. The van der Waals surface area contributed by atoms with E-state index in [2.05, 4.69) is 41.7 Å². The van der Waals surface area contributed by atoms with E-state index in [9.17, 15) is 4.79 Å². The zero-order chi connectivity index (χ0) is 23.8. The molecule has 0 aliphatic rings. The number of rotatable bonds is 9. The average molecular weight is 472 g/mol. The van der Waals surface area contributed by atoms with Gasteiger partial charge in [-0.1, -0.05) is 103 Å². The maximum absolute atomic E-state index is 13.0. The molecule has 0 amide bonds. The summed E-state index contributed by atoms with van der Waals surface area (Å²) in [5, 5.41) is 4.24. The fourth-order valence-electron chi connectivity index (χ4n) is 4.10. The topological polar surface area (TPSA) is 47.6 Å². The van der Waals surface area contributed by atoms with Crippen molar-refractivity contribution in [3.05, 3.63) is 137 Å². The van der Waals surface area contributed by atoms with Gasteiger partial charge in [-0.05, 0) is 41.0 Å². The van der Waals surface area contributed by atoms with Crippen molar-refractivity contribution < 1.29 is 14.3 Å². The van der Waals surface area contributed by atoms with Crippen LogP contribution in [0.15, 0.2) is 115 Å². The third kappa shape index (κ3) is 5.14. The summed E-state index contributed by atoms with van der Waals surface area (Å²) in [6.07, 6.45) is 0. The van der Waals surface area contributed by atoms with E-state index in [0.29, 0.717) is 10.8 Å². The standard InChI is InChI=1S/C29H26ClNO3/c1-33-28(32)27(21-34-26-19-17-25(30)18-20-26)31-29(22-11-5-2-6-12-22,23-13-7-3-8-14-23)24-15-9-4-10-16-24/h2-20,27,31H,21H2,1H3. The maximum atomic E-state index is 13.0. The number of halogens is 1. The van der Waals surface area contributed by atoms with Crippen molar-refractivity contribution >= 4 is 17.6 Å². The van der Waals surface area contributed by atoms with Gasteiger partial charge in [-0.2, -0.15) is 0 Å². The molecule has 1 atom stereocenters. The molecule has 0 spiro atoms. The molecule has 0 aliphatic carbocycles. The first-order valence-electron chi connectivity index (χ1n) is 11.0. The average Bonchev–Trinajstić information content (AvgIpc) is 2.91. The lowest BCUT2D eigenvalue weighted by Gasteiger charge is -2.39. The molecule has 0 radical (unpaired) electrons. The molecule has 4 aromatic carbocycles. The van der Waals surface area contributed by atoms with Gasteiger partial charge in [0.1, 0.15) is 18.4 Å². The predicted octanol–water partition coefficient (Wildman–Crippen LogP) is 5.84. The van der Waals surface area contributed by atoms with Crippen molar-refractivity contribution in [1.82, 2.24) is 5.32 Å². The molecule has 0 saturated heterocycles. The lowest BCUT2D eigenvalue weighted by molar-refractivity contribution is -0.144. The van der Waals surface area contributed by atoms with E-state index < -0.39 is 17.6 Å². The van der Waals surface area contributed by atoms with Gasteiger partial charge in [-0.3, -0.25) is 10.1 Å². The Labute approximate surface area is 205 Å². The summed E-state index contributed by atoms with van der Waals surface area (Å²) in [7, 11) is 1.38. The third-order valence-electron chi connectivity index (χ3n) is 5.73. The largest absolute Gasteiger partial charge is 0.491 e. The third-order valence-corrected chi connectivity index (χ3v) is 5.98. The van der Waals surface area contributed by atoms with Crippen LogP contribution in [0.1, 0.15) is 16.7 Å². The highest BCUT2D eigenvalue weighted by molar-refractivity contribution is 6.30. The molecule has 172 valence electrons. The van der Waals surface area contributed by atoms with Crippen LogP contribution in [0.3, 0.4) is 0 Å². The van der Waals surface area contributed by atoms with E-state index in [1.54, 1.807) is 24.3 Å². The Morgan fingerprint density at radius 2 is 1.21 bits per heavy atom. The van der Waals surface area contributed by atoms with Crippen LogP contribution in [0.4, 0.5) is 0 Å². The fraction of sp³-hybridized carbons (Fsp3) is 0.138. The number of nitrogens with one attached hydrogen (secondary N) is 1. The summed E-state index contributed by atoms with van der Waals surface area (Å²) in [5.41, 5.74) is 2.15. The van der Waals surface area contributed by atoms with Gasteiger partial charge in [0, 0.05) is 5.02 Å². The van der Waals surface area contributed by atoms with Crippen molar-refractivity contribution in [2.45, 2.75) is 11.6 Å². The first-order valence-corrected chi connectivity index (χ1v) is 11.4. The first-order chi connectivity index (χ1) is 16.6. The number of methoxy groups -OCH3 is 1. The Hall–Kier alpha value is -3.60. The minimum atomic E-state index is -0.827. The minimum absolute atomic E-state index is 0.0720. The number of esters is 1. The van der Waals surface area contributed by atoms with Crippen molar-refractivity contribution in [3.8, 4) is 5.75 Å². The molecule has 4 nitrogen and oxygen atoms in total. The molecule has 34 heavy (non-hydrogen) atoms. The van der Waals surface area contributed by atoms with Gasteiger partial charge in [0.05, 0.1) is 12.6 Å². The molecule has 0 fully saturated rings. The highest BCUT2D eigenvalue weighted by Gasteiger charge is 2.40. The predicted molar refractivity (Wildman–Crippen MR) is 135 cm³/mol. The number of hydrogen-bond donors (Lipinski definition) is 1. The lowest BCUT2D eigenvalue weighted by atomic mass is 9.76. The van der Waals surface area contributed by atoms with Crippen LogP contribution in [0.5, 0.6) is 5.75 Å². The van der Waals surface area contributed by atoms with Gasteiger partial charge in [0.15, 0.2) is 0 Å². The summed E-state index contributed by atoms with van der Waals surface area (Å²) in [6, 6.07) is 36.5. The number of benzene rings is 4. The Bertz CT molecular complexity index is 1090. The minimum Gasteiger partial charge on any atom is -0.491 e. The lowest BCUT2D eigenvalue weighted by Crippen LogP contribution is -2.55. The number of ether oxygens (including phenoxy) is 2. The Morgan fingerprint density at radius 1 is 0.765 bits per heavy atom. The van der Waals surface area contributed by atoms with E-state index in [0.717, 1.165) is 16.7 Å². The molecule has 0 heterocycles. The molecule has 5 heteroatoms. The van der Waals surface area contributed by atoms with Gasteiger partial charge in [0.2, 0.25) is 0 Å². The highest BCUT2D eigenvalue weighted by atomic mass is 35.5. The summed E-state index contributed by atoms with van der Waals surface area (Å²) in [5.74, 6) is 0.200. The van der Waals surface area contributed by atoms with Crippen LogP contribution < -0.4 is 10.1 Å². The van der Waals surface area contributed by atoms with Crippen molar-refractivity contribution in [2.75, 3.05) is 13.7 Å². The quantitative estimate of drug-likeness (QED) is 0.246. The van der Waals surface area contributed by atoms with Crippen LogP contribution in [0.25, 0.3) is 0 Å². The van der Waals surface area contributed by atoms with Crippen LogP contribution in [-0.4, -0.2) is 25.7 Å². The number of carbonyl (C=O) groups excluding carboxylic acids is 1. The van der Waals surface area contributed by atoms with Crippen LogP contribution in [0, 0.1) is 0 Å². The Balaban J connectivity index is 1.81. The van der Waals surface area contributed by atoms with Crippen LogP contribution in [0.2, 0.25) is 5.02 Å². The second-order valence-electron chi connectivity index (χ2n) is 7.83. The first kappa shape index (κ1) is 23.6. The van der Waals surface area contributed by atoms with Gasteiger partial charge in [-0.25, -0.2) is 0 Å². The molecule has 0 saturated carbocycles. The van der Waals surface area contributed by atoms with E-state index >= 15 is 0 Å². The van der Waals surface area contributed by atoms with Crippen molar-refractivity contribution in [2.24, 2.45) is 0 Å². The molecular formula is C29H26ClNO3. The number of carbonyl (C=O) groups is 1.